The van der Waals surface area contributed by atoms with Gasteiger partial charge in [-0.25, -0.2) is 9.67 Å². The first-order valence-corrected chi connectivity index (χ1v) is 10.6. The molecule has 0 saturated carbocycles. The molecule has 1 aromatic heterocycles. The molecule has 0 aliphatic heterocycles. The van der Waals surface area contributed by atoms with Crippen LogP contribution in [0.5, 0.6) is 0 Å². The molecule has 0 atom stereocenters. The van der Waals surface area contributed by atoms with Crippen molar-refractivity contribution in [2.45, 2.75) is 6.54 Å². The quantitative estimate of drug-likeness (QED) is 0.401. The zero-order chi connectivity index (χ0) is 23.4. The van der Waals surface area contributed by atoms with Crippen LogP contribution in [0.3, 0.4) is 0 Å². The number of carbonyl (C=O) groups is 3. The highest BCUT2D eigenvalue weighted by atomic mass is 35.5. The van der Waals surface area contributed by atoms with Gasteiger partial charge in [-0.2, -0.15) is 0 Å². The summed E-state index contributed by atoms with van der Waals surface area (Å²) in [6, 6.07) is 11.3. The fourth-order valence-electron chi connectivity index (χ4n) is 2.83. The predicted octanol–water partition coefficient (Wildman–Crippen LogP) is 3.36. The zero-order valence-corrected chi connectivity index (χ0v) is 19.4. The molecule has 0 saturated heterocycles. The molecule has 2 amide bonds. The molecule has 0 spiro atoms. The number of hydrogen-bond acceptors (Lipinski definition) is 5. The lowest BCUT2D eigenvalue weighted by Gasteiger charge is -2.12. The average Bonchev–Trinajstić information content (AvgIpc) is 3.20. The molecule has 1 heterocycles. The smallest absolute Gasteiger partial charge is 0.293 e. The van der Waals surface area contributed by atoms with Crippen molar-refractivity contribution in [3.63, 3.8) is 0 Å². The highest BCUT2D eigenvalue weighted by Gasteiger charge is 2.24. The van der Waals surface area contributed by atoms with Crippen molar-refractivity contribution in [2.75, 3.05) is 20.0 Å². The molecule has 0 radical (unpaired) electrons. The van der Waals surface area contributed by atoms with E-state index in [0.29, 0.717) is 10.7 Å². The minimum Gasteiger partial charge on any atom is -0.348 e. The summed E-state index contributed by atoms with van der Waals surface area (Å²) in [5, 5.41) is 7.49. The van der Waals surface area contributed by atoms with Crippen LogP contribution in [0.4, 0.5) is 0 Å². The molecule has 3 rings (SSSR count). The van der Waals surface area contributed by atoms with E-state index in [0.717, 1.165) is 0 Å². The van der Waals surface area contributed by atoms with Crippen molar-refractivity contribution in [2.24, 2.45) is 0 Å². The summed E-state index contributed by atoms with van der Waals surface area (Å²) < 4.78 is 1.33. The Morgan fingerprint density at radius 3 is 2.44 bits per heavy atom. The second kappa shape index (κ2) is 10.1. The summed E-state index contributed by atoms with van der Waals surface area (Å²) in [7, 11) is 3.12. The summed E-state index contributed by atoms with van der Waals surface area (Å²) in [4.78, 5) is 43.0. The molecule has 0 aliphatic carbocycles. The van der Waals surface area contributed by atoms with E-state index in [9.17, 15) is 14.4 Å². The number of rotatable bonds is 7. The molecule has 8 nitrogen and oxygen atoms in total. The minimum atomic E-state index is -0.443. The number of nitrogens with one attached hydrogen (secondary N) is 1. The highest BCUT2D eigenvalue weighted by molar-refractivity contribution is 6.35. The van der Waals surface area contributed by atoms with E-state index < -0.39 is 11.8 Å². The first kappa shape index (κ1) is 23.7. The number of aromatic nitrogens is 3. The lowest BCUT2D eigenvalue weighted by atomic mass is 10.0. The molecule has 11 heteroatoms. The molecule has 3 aromatic rings. The SMILES string of the molecule is CN(C)C(=O)c1nc(CNC(=O)CCl)n(-c2ccc(Cl)cc2C(=O)c2ccccc2Cl)n1. The Morgan fingerprint density at radius 2 is 1.78 bits per heavy atom. The van der Waals surface area contributed by atoms with Gasteiger partial charge in [0.2, 0.25) is 11.7 Å². The van der Waals surface area contributed by atoms with Crippen molar-refractivity contribution in [1.82, 2.24) is 25.0 Å². The van der Waals surface area contributed by atoms with Crippen LogP contribution in [-0.4, -0.2) is 57.2 Å². The van der Waals surface area contributed by atoms with Crippen LogP contribution < -0.4 is 5.32 Å². The minimum absolute atomic E-state index is 0.0678. The first-order chi connectivity index (χ1) is 15.2. The van der Waals surface area contributed by atoms with Gasteiger partial charge in [-0.3, -0.25) is 14.4 Å². The fourth-order valence-corrected chi connectivity index (χ4v) is 3.32. The van der Waals surface area contributed by atoms with Crippen LogP contribution in [0.1, 0.15) is 32.4 Å². The molecular formula is C21H18Cl3N5O3. The Labute approximate surface area is 199 Å². The largest absolute Gasteiger partial charge is 0.348 e. The van der Waals surface area contributed by atoms with Crippen LogP contribution >= 0.6 is 34.8 Å². The van der Waals surface area contributed by atoms with E-state index in [1.54, 1.807) is 50.5 Å². The van der Waals surface area contributed by atoms with Gasteiger partial charge in [0.15, 0.2) is 11.6 Å². The number of nitrogens with zero attached hydrogens (tertiary/aromatic N) is 4. The summed E-state index contributed by atoms with van der Waals surface area (Å²) in [6.45, 7) is -0.0678. The van der Waals surface area contributed by atoms with Gasteiger partial charge in [0.1, 0.15) is 5.88 Å². The van der Waals surface area contributed by atoms with Gasteiger partial charge in [0, 0.05) is 30.2 Å². The molecule has 0 aliphatic rings. The molecule has 1 N–H and O–H groups in total. The fraction of sp³-hybridized carbons (Fsp3) is 0.190. The summed E-state index contributed by atoms with van der Waals surface area (Å²) >= 11 is 17.9. The Kier molecular flexibility index (Phi) is 7.50. The van der Waals surface area contributed by atoms with Crippen LogP contribution in [0, 0.1) is 0 Å². The molecule has 0 unspecified atom stereocenters. The molecule has 32 heavy (non-hydrogen) atoms. The third kappa shape index (κ3) is 5.09. The van der Waals surface area contributed by atoms with E-state index in [2.05, 4.69) is 15.4 Å². The Morgan fingerprint density at radius 1 is 1.06 bits per heavy atom. The predicted molar refractivity (Wildman–Crippen MR) is 122 cm³/mol. The molecule has 0 bridgehead atoms. The number of halogens is 3. The van der Waals surface area contributed by atoms with E-state index in [-0.39, 0.29) is 46.0 Å². The molecule has 0 fully saturated rings. The van der Waals surface area contributed by atoms with Crippen molar-refractivity contribution in [3.05, 3.63) is 75.3 Å². The first-order valence-electron chi connectivity index (χ1n) is 9.32. The van der Waals surface area contributed by atoms with Crippen LogP contribution in [0.15, 0.2) is 42.5 Å². The standard InChI is InChI=1S/C21H18Cl3N5O3/c1-28(2)21(32)20-26-17(11-25-18(30)10-22)29(27-20)16-8-7-12(23)9-14(16)19(31)13-5-3-4-6-15(13)24/h3-9H,10-11H2,1-2H3,(H,25,30). The maximum atomic E-state index is 13.3. The van der Waals surface area contributed by atoms with Gasteiger partial charge in [0.05, 0.1) is 17.3 Å². The monoisotopic (exact) mass is 493 g/mol. The van der Waals surface area contributed by atoms with Gasteiger partial charge in [0.25, 0.3) is 5.91 Å². The van der Waals surface area contributed by atoms with Gasteiger partial charge < -0.3 is 10.2 Å². The number of benzene rings is 2. The van der Waals surface area contributed by atoms with Crippen molar-refractivity contribution in [1.29, 1.82) is 0 Å². The lowest BCUT2D eigenvalue weighted by Crippen LogP contribution is -2.26. The van der Waals surface area contributed by atoms with Crippen molar-refractivity contribution < 1.29 is 14.4 Å². The van der Waals surface area contributed by atoms with Gasteiger partial charge in [-0.1, -0.05) is 35.3 Å². The topological polar surface area (TPSA) is 97.2 Å². The van der Waals surface area contributed by atoms with E-state index in [1.807, 2.05) is 0 Å². The van der Waals surface area contributed by atoms with Crippen LogP contribution in [0.25, 0.3) is 5.69 Å². The van der Waals surface area contributed by atoms with Crippen molar-refractivity contribution >= 4 is 52.4 Å². The number of hydrogen-bond donors (Lipinski definition) is 1. The molecular weight excluding hydrogens is 477 g/mol. The maximum absolute atomic E-state index is 13.3. The second-order valence-electron chi connectivity index (χ2n) is 6.84. The third-order valence-electron chi connectivity index (χ3n) is 4.39. The summed E-state index contributed by atoms with van der Waals surface area (Å²) in [5.41, 5.74) is 0.795. The zero-order valence-electron chi connectivity index (χ0n) is 17.1. The summed E-state index contributed by atoms with van der Waals surface area (Å²) in [6.07, 6.45) is 0. The lowest BCUT2D eigenvalue weighted by molar-refractivity contribution is -0.118. The van der Waals surface area contributed by atoms with Crippen LogP contribution in [0.2, 0.25) is 10.0 Å². The summed E-state index contributed by atoms with van der Waals surface area (Å²) in [5.74, 6) is -1.37. The van der Waals surface area contributed by atoms with Gasteiger partial charge >= 0.3 is 0 Å². The number of amides is 2. The number of alkyl halides is 1. The number of ketones is 1. The average molecular weight is 495 g/mol. The van der Waals surface area contributed by atoms with E-state index >= 15 is 0 Å². The Bertz CT molecular complexity index is 1190. The normalized spacial score (nSPS) is 10.7. The Hall–Kier alpha value is -2.94. The maximum Gasteiger partial charge on any atom is 0.293 e. The van der Waals surface area contributed by atoms with E-state index in [4.69, 9.17) is 34.8 Å². The third-order valence-corrected chi connectivity index (χ3v) is 5.19. The van der Waals surface area contributed by atoms with Gasteiger partial charge in [-0.15, -0.1) is 16.7 Å². The van der Waals surface area contributed by atoms with Crippen molar-refractivity contribution in [3.8, 4) is 5.69 Å². The van der Waals surface area contributed by atoms with E-state index in [1.165, 1.54) is 15.6 Å². The second-order valence-corrected chi connectivity index (χ2v) is 7.95. The van der Waals surface area contributed by atoms with Gasteiger partial charge in [-0.05, 0) is 30.3 Å². The highest BCUT2D eigenvalue weighted by Crippen LogP contribution is 2.26. The molecule has 166 valence electrons. The molecule has 2 aromatic carbocycles. The van der Waals surface area contributed by atoms with Crippen LogP contribution in [-0.2, 0) is 11.3 Å². The number of carbonyl (C=O) groups excluding carboxylic acids is 3. The Balaban J connectivity index is 2.16.